The number of aliphatic hydroxyl groups excluding tert-OH is 2. The van der Waals surface area contributed by atoms with Gasteiger partial charge in [-0.2, -0.15) is 0 Å². The fourth-order valence-corrected chi connectivity index (χ4v) is 5.75. The third kappa shape index (κ3) is 4.09. The summed E-state index contributed by atoms with van der Waals surface area (Å²) in [6.45, 7) is 2.49. The number of hydrogen-bond acceptors (Lipinski definition) is 10. The molecule has 38 heavy (non-hydrogen) atoms. The van der Waals surface area contributed by atoms with Crippen molar-refractivity contribution in [3.8, 4) is 5.75 Å². The second kappa shape index (κ2) is 9.76. The fraction of sp³-hybridized carbons (Fsp3) is 0.462. The molecule has 1 saturated carbocycles. The van der Waals surface area contributed by atoms with Gasteiger partial charge in [0.05, 0.1) is 12.1 Å². The van der Waals surface area contributed by atoms with Crippen LogP contribution in [0.4, 0.5) is 5.69 Å². The molecule has 0 aliphatic heterocycles. The molecule has 0 aromatic heterocycles. The number of aromatic hydroxyl groups is 1. The molecule has 2 amide bonds. The van der Waals surface area contributed by atoms with E-state index >= 15 is 0 Å². The zero-order chi connectivity index (χ0) is 28.1. The summed E-state index contributed by atoms with van der Waals surface area (Å²) < 4.78 is 0. The van der Waals surface area contributed by atoms with Gasteiger partial charge in [-0.3, -0.25) is 19.2 Å². The van der Waals surface area contributed by atoms with Gasteiger partial charge in [-0.05, 0) is 36.9 Å². The number of nitrogens with two attached hydrogens (primary N) is 1. The maximum absolute atomic E-state index is 13.7. The molecule has 3 unspecified atom stereocenters. The van der Waals surface area contributed by atoms with E-state index in [1.165, 1.54) is 0 Å². The maximum atomic E-state index is 13.7. The molecule has 0 heterocycles. The number of aliphatic hydroxyl groups is 3. The van der Waals surface area contributed by atoms with Gasteiger partial charge in [0.25, 0.3) is 5.91 Å². The van der Waals surface area contributed by atoms with Crippen molar-refractivity contribution in [2.75, 3.05) is 32.1 Å². The van der Waals surface area contributed by atoms with Crippen molar-refractivity contribution in [3.63, 3.8) is 0 Å². The molecule has 12 heteroatoms. The number of phenolic OH excluding ortho intramolecular Hbond substituents is 1. The number of phenols is 1. The minimum Gasteiger partial charge on any atom is -0.508 e. The van der Waals surface area contributed by atoms with Crippen molar-refractivity contribution in [2.45, 2.75) is 38.3 Å². The molecule has 0 spiro atoms. The van der Waals surface area contributed by atoms with Gasteiger partial charge in [0, 0.05) is 49.8 Å². The smallest absolute Gasteiger partial charge is 0.255 e. The highest BCUT2D eigenvalue weighted by atomic mass is 16.3. The lowest BCUT2D eigenvalue weighted by atomic mass is 9.59. The van der Waals surface area contributed by atoms with Crippen molar-refractivity contribution in [1.29, 1.82) is 0 Å². The number of anilines is 1. The van der Waals surface area contributed by atoms with E-state index in [1.54, 1.807) is 25.1 Å². The average molecular weight is 529 g/mol. The number of carbonyl (C=O) groups excluding carboxylic acids is 4. The summed E-state index contributed by atoms with van der Waals surface area (Å²) in [7, 11) is 3.55. The quantitative estimate of drug-likeness (QED) is 0.231. The molecule has 1 aromatic carbocycles. The third-order valence-corrected chi connectivity index (χ3v) is 7.61. The maximum Gasteiger partial charge on any atom is 0.255 e. The molecule has 1 fully saturated rings. The predicted octanol–water partition coefficient (Wildman–Crippen LogP) is -0.284. The van der Waals surface area contributed by atoms with Gasteiger partial charge in [0.15, 0.2) is 11.4 Å². The van der Waals surface area contributed by atoms with Crippen molar-refractivity contribution in [1.82, 2.24) is 10.6 Å². The van der Waals surface area contributed by atoms with Gasteiger partial charge in [0.2, 0.25) is 11.7 Å². The van der Waals surface area contributed by atoms with E-state index in [0.717, 1.165) is 0 Å². The molecule has 8 N–H and O–H groups in total. The fourth-order valence-electron chi connectivity index (χ4n) is 5.75. The van der Waals surface area contributed by atoms with Crippen LogP contribution in [0.2, 0.25) is 0 Å². The highest BCUT2D eigenvalue weighted by Crippen LogP contribution is 2.53. The van der Waals surface area contributed by atoms with Crippen LogP contribution in [0.25, 0.3) is 5.76 Å². The summed E-state index contributed by atoms with van der Waals surface area (Å²) in [6, 6.07) is 1.69. The summed E-state index contributed by atoms with van der Waals surface area (Å²) in [4.78, 5) is 51.8. The van der Waals surface area contributed by atoms with Crippen LogP contribution in [0.3, 0.4) is 0 Å². The van der Waals surface area contributed by atoms with Crippen molar-refractivity contribution < 1.29 is 39.6 Å². The largest absolute Gasteiger partial charge is 0.508 e. The summed E-state index contributed by atoms with van der Waals surface area (Å²) in [5.74, 6) is -7.06. The number of likely N-dealkylation sites (N-methyl/N-ethyl adjacent to an activating group) is 1. The van der Waals surface area contributed by atoms with Gasteiger partial charge < -0.3 is 41.7 Å². The highest BCUT2D eigenvalue weighted by Gasteiger charge is 2.60. The number of fused-ring (bicyclic) bond motifs is 3. The van der Waals surface area contributed by atoms with Gasteiger partial charge in [-0.25, -0.2) is 0 Å². The Balaban J connectivity index is 1.84. The van der Waals surface area contributed by atoms with Crippen LogP contribution >= 0.6 is 0 Å². The Morgan fingerprint density at radius 2 is 1.87 bits per heavy atom. The number of nitrogens with one attached hydrogen (secondary N) is 2. The van der Waals surface area contributed by atoms with Crippen molar-refractivity contribution in [2.24, 2.45) is 17.6 Å². The first-order chi connectivity index (χ1) is 17.8. The number of nitrogens with zero attached hydrogens (tertiary/aromatic N) is 1. The highest BCUT2D eigenvalue weighted by molar-refractivity contribution is 6.22. The zero-order valence-corrected chi connectivity index (χ0v) is 21.4. The van der Waals surface area contributed by atoms with Crippen molar-refractivity contribution >= 4 is 34.8 Å². The molecule has 0 bridgehead atoms. The molecule has 0 radical (unpaired) electrons. The SMILES string of the molecule is CCNCC(=O)NCc1cc(N(C)C)c2c(c1O)C(O)=C1C(=O)C3(O)C(O)=C(C(N)=O)C(=O)CC3CC1C2. The lowest BCUT2D eigenvalue weighted by Crippen LogP contribution is -2.58. The predicted molar refractivity (Wildman–Crippen MR) is 136 cm³/mol. The Hall–Kier alpha value is -3.90. The van der Waals surface area contributed by atoms with Crippen LogP contribution in [0.1, 0.15) is 36.5 Å². The number of hydrogen-bond donors (Lipinski definition) is 7. The Kier molecular flexibility index (Phi) is 6.97. The first kappa shape index (κ1) is 27.1. The van der Waals surface area contributed by atoms with Crippen LogP contribution < -0.4 is 21.3 Å². The lowest BCUT2D eigenvalue weighted by Gasteiger charge is -2.46. The summed E-state index contributed by atoms with van der Waals surface area (Å²) in [5.41, 5.74) is 3.04. The van der Waals surface area contributed by atoms with Crippen molar-refractivity contribution in [3.05, 3.63) is 39.7 Å². The first-order valence-corrected chi connectivity index (χ1v) is 12.3. The summed E-state index contributed by atoms with van der Waals surface area (Å²) in [6.07, 6.45) is -0.124. The van der Waals surface area contributed by atoms with E-state index in [-0.39, 0.29) is 55.1 Å². The van der Waals surface area contributed by atoms with Crippen LogP contribution in [0, 0.1) is 11.8 Å². The monoisotopic (exact) mass is 528 g/mol. The van der Waals surface area contributed by atoms with Crippen LogP contribution in [-0.4, -0.2) is 76.6 Å². The second-order valence-corrected chi connectivity index (χ2v) is 10.1. The molecule has 12 nitrogen and oxygen atoms in total. The molecule has 0 saturated heterocycles. The van der Waals surface area contributed by atoms with E-state index in [1.807, 2.05) is 6.92 Å². The number of amides is 2. The second-order valence-electron chi connectivity index (χ2n) is 10.1. The molecular weight excluding hydrogens is 496 g/mol. The minimum absolute atomic E-state index is 0.0146. The van der Waals surface area contributed by atoms with Gasteiger partial charge >= 0.3 is 0 Å². The Morgan fingerprint density at radius 3 is 2.47 bits per heavy atom. The standard InChI is InChI=1S/C26H32N4O8/c1-4-28-10-17(32)29-9-12-7-15(30(2)3)14-6-11-5-13-8-16(31)20(25(27)37)24(36)26(13,38)23(35)18(11)22(34)19(14)21(12)33/h7,11,13,28,33-34,36,38H,4-6,8-10H2,1-3H3,(H2,27,37)(H,29,32). The van der Waals surface area contributed by atoms with E-state index in [9.17, 15) is 39.6 Å². The Morgan fingerprint density at radius 1 is 1.18 bits per heavy atom. The lowest BCUT2D eigenvalue weighted by molar-refractivity contribution is -0.147. The third-order valence-electron chi connectivity index (χ3n) is 7.61. The zero-order valence-electron chi connectivity index (χ0n) is 21.4. The van der Waals surface area contributed by atoms with Crippen LogP contribution in [-0.2, 0) is 32.1 Å². The van der Waals surface area contributed by atoms with Gasteiger partial charge in [0.1, 0.15) is 22.8 Å². The number of benzene rings is 1. The number of rotatable bonds is 7. The van der Waals surface area contributed by atoms with Gasteiger partial charge in [-0.15, -0.1) is 0 Å². The first-order valence-electron chi connectivity index (χ1n) is 12.3. The number of carbonyl (C=O) groups is 4. The van der Waals surface area contributed by atoms with Crippen LogP contribution in [0.15, 0.2) is 23.0 Å². The molecule has 204 valence electrons. The van der Waals surface area contributed by atoms with E-state index in [4.69, 9.17) is 5.73 Å². The van der Waals surface area contributed by atoms with Crippen LogP contribution in [0.5, 0.6) is 5.75 Å². The number of primary amides is 1. The number of Topliss-reactive ketones (excluding diaryl/α,β-unsaturated/α-hetero) is 2. The molecule has 4 rings (SSSR count). The van der Waals surface area contributed by atoms with E-state index in [0.29, 0.717) is 23.4 Å². The number of ketones is 2. The molecule has 3 aliphatic rings. The average Bonchev–Trinajstić information content (AvgIpc) is 2.83. The molecule has 3 aliphatic carbocycles. The topological polar surface area (TPSA) is 203 Å². The molecule has 3 atom stereocenters. The Bertz CT molecular complexity index is 1310. The molecular formula is C26H32N4O8. The molecule has 1 aromatic rings. The van der Waals surface area contributed by atoms with Gasteiger partial charge in [-0.1, -0.05) is 6.92 Å². The van der Waals surface area contributed by atoms with E-state index < -0.39 is 52.0 Å². The van der Waals surface area contributed by atoms with E-state index in [2.05, 4.69) is 10.6 Å². The summed E-state index contributed by atoms with van der Waals surface area (Å²) in [5, 5.41) is 50.2. The normalized spacial score (nSPS) is 24.5. The minimum atomic E-state index is -2.62. The Labute approximate surface area is 218 Å². The summed E-state index contributed by atoms with van der Waals surface area (Å²) >= 11 is 0.